The summed E-state index contributed by atoms with van der Waals surface area (Å²) >= 11 is 0. The maximum absolute atomic E-state index is 12.3. The molecule has 0 bridgehead atoms. The molecule has 3 N–H and O–H groups in total. The summed E-state index contributed by atoms with van der Waals surface area (Å²) < 4.78 is 24.6. The molecule has 1 aliphatic rings. The molecular weight excluding hydrogens is 358 g/mol. The predicted molar refractivity (Wildman–Crippen MR) is 95.2 cm³/mol. The van der Waals surface area contributed by atoms with Crippen LogP contribution in [0.25, 0.3) is 0 Å². The molecule has 9 heteroatoms. The molecule has 3 amide bonds. The minimum Gasteiger partial charge on any atom is -0.366 e. The SMILES string of the molecule is NC(=O)c1ccc(NC(=O)c2ccc(N3C(=O)CCS3(=O)=O)cc2)cc1. The van der Waals surface area contributed by atoms with Gasteiger partial charge in [-0.1, -0.05) is 0 Å². The third-order valence-electron chi connectivity index (χ3n) is 3.87. The van der Waals surface area contributed by atoms with Crippen molar-refractivity contribution in [3.8, 4) is 0 Å². The Hall–Kier alpha value is -3.20. The molecule has 0 aromatic heterocycles. The fraction of sp³-hybridized carbons (Fsp3) is 0.118. The van der Waals surface area contributed by atoms with E-state index in [1.807, 2.05) is 0 Å². The molecule has 1 fully saturated rings. The van der Waals surface area contributed by atoms with Crippen molar-refractivity contribution >= 4 is 39.1 Å². The van der Waals surface area contributed by atoms with E-state index in [0.717, 1.165) is 4.31 Å². The average Bonchev–Trinajstić information content (AvgIpc) is 2.88. The highest BCUT2D eigenvalue weighted by molar-refractivity contribution is 7.94. The molecule has 1 saturated heterocycles. The van der Waals surface area contributed by atoms with Crippen LogP contribution in [0.15, 0.2) is 48.5 Å². The largest absolute Gasteiger partial charge is 0.366 e. The van der Waals surface area contributed by atoms with Crippen molar-refractivity contribution in [1.82, 2.24) is 0 Å². The maximum atomic E-state index is 12.3. The summed E-state index contributed by atoms with van der Waals surface area (Å²) in [6.07, 6.45) is -0.0497. The number of nitrogens with zero attached hydrogens (tertiary/aromatic N) is 1. The molecule has 1 aliphatic heterocycles. The van der Waals surface area contributed by atoms with Crippen molar-refractivity contribution in [3.05, 3.63) is 59.7 Å². The number of carbonyl (C=O) groups is 3. The lowest BCUT2D eigenvalue weighted by Crippen LogP contribution is -2.29. The zero-order valence-electron chi connectivity index (χ0n) is 13.5. The van der Waals surface area contributed by atoms with Gasteiger partial charge >= 0.3 is 0 Å². The van der Waals surface area contributed by atoms with E-state index in [1.165, 1.54) is 36.4 Å². The van der Waals surface area contributed by atoms with Gasteiger partial charge in [0.25, 0.3) is 5.91 Å². The first kappa shape index (κ1) is 17.6. The van der Waals surface area contributed by atoms with Crippen molar-refractivity contribution in [2.75, 3.05) is 15.4 Å². The minimum absolute atomic E-state index is 0.0497. The standard InChI is InChI=1S/C17H15N3O5S/c18-16(22)11-1-5-13(6-2-11)19-17(23)12-3-7-14(8-4-12)20-15(21)9-10-26(20,24)25/h1-8H,9-10H2,(H2,18,22)(H,19,23). The van der Waals surface area contributed by atoms with E-state index in [9.17, 15) is 22.8 Å². The van der Waals surface area contributed by atoms with E-state index in [1.54, 1.807) is 12.1 Å². The van der Waals surface area contributed by atoms with Crippen molar-refractivity contribution in [2.45, 2.75) is 6.42 Å². The monoisotopic (exact) mass is 373 g/mol. The van der Waals surface area contributed by atoms with Gasteiger partial charge in [0, 0.05) is 23.2 Å². The summed E-state index contributed by atoms with van der Waals surface area (Å²) in [6, 6.07) is 11.8. The van der Waals surface area contributed by atoms with Crippen LogP contribution >= 0.6 is 0 Å². The van der Waals surface area contributed by atoms with E-state index in [2.05, 4.69) is 5.32 Å². The molecule has 2 aromatic rings. The van der Waals surface area contributed by atoms with Gasteiger partial charge in [-0.05, 0) is 48.5 Å². The van der Waals surface area contributed by atoms with Crippen LogP contribution in [0, 0.1) is 0 Å². The van der Waals surface area contributed by atoms with Crippen LogP contribution in [-0.2, 0) is 14.8 Å². The second-order valence-corrected chi connectivity index (χ2v) is 7.60. The molecule has 0 unspecified atom stereocenters. The van der Waals surface area contributed by atoms with E-state index < -0.39 is 27.7 Å². The van der Waals surface area contributed by atoms with Crippen molar-refractivity contribution < 1.29 is 22.8 Å². The lowest BCUT2D eigenvalue weighted by atomic mass is 10.1. The zero-order valence-corrected chi connectivity index (χ0v) is 14.3. The number of rotatable bonds is 4. The number of benzene rings is 2. The number of anilines is 2. The second-order valence-electron chi connectivity index (χ2n) is 5.67. The fourth-order valence-electron chi connectivity index (χ4n) is 2.54. The first-order valence-electron chi connectivity index (χ1n) is 7.65. The number of nitrogens with two attached hydrogens (primary N) is 1. The van der Waals surface area contributed by atoms with Crippen LogP contribution in [0.1, 0.15) is 27.1 Å². The van der Waals surface area contributed by atoms with E-state index in [-0.39, 0.29) is 23.4 Å². The number of hydrogen-bond acceptors (Lipinski definition) is 5. The van der Waals surface area contributed by atoms with Gasteiger partial charge in [0.15, 0.2) is 0 Å². The van der Waals surface area contributed by atoms with E-state index in [4.69, 9.17) is 5.73 Å². The number of amides is 3. The Morgan fingerprint density at radius 1 is 0.962 bits per heavy atom. The van der Waals surface area contributed by atoms with Crippen LogP contribution in [0.5, 0.6) is 0 Å². The zero-order chi connectivity index (χ0) is 18.9. The van der Waals surface area contributed by atoms with Gasteiger partial charge in [0.05, 0.1) is 11.4 Å². The predicted octanol–water partition coefficient (Wildman–Crippen LogP) is 1.10. The van der Waals surface area contributed by atoms with Crippen LogP contribution in [0.3, 0.4) is 0 Å². The summed E-state index contributed by atoms with van der Waals surface area (Å²) in [5.41, 5.74) is 6.44. The number of hydrogen-bond donors (Lipinski definition) is 2. The first-order chi connectivity index (χ1) is 12.3. The molecule has 8 nitrogen and oxygen atoms in total. The normalized spacial score (nSPS) is 15.7. The van der Waals surface area contributed by atoms with Crippen LogP contribution in [0.4, 0.5) is 11.4 Å². The number of nitrogens with one attached hydrogen (secondary N) is 1. The molecule has 134 valence electrons. The highest BCUT2D eigenvalue weighted by Crippen LogP contribution is 2.25. The molecule has 0 atom stereocenters. The van der Waals surface area contributed by atoms with Gasteiger partial charge in [0.2, 0.25) is 21.8 Å². The minimum atomic E-state index is -3.64. The smallest absolute Gasteiger partial charge is 0.255 e. The lowest BCUT2D eigenvalue weighted by molar-refractivity contribution is -0.116. The molecule has 0 radical (unpaired) electrons. The van der Waals surface area contributed by atoms with Gasteiger partial charge < -0.3 is 11.1 Å². The topological polar surface area (TPSA) is 127 Å². The molecule has 0 aliphatic carbocycles. The van der Waals surface area contributed by atoms with Gasteiger partial charge in [-0.2, -0.15) is 0 Å². The van der Waals surface area contributed by atoms with Crippen LogP contribution in [0.2, 0.25) is 0 Å². The summed E-state index contributed by atoms with van der Waals surface area (Å²) in [4.78, 5) is 35.0. The summed E-state index contributed by atoms with van der Waals surface area (Å²) in [5, 5.41) is 2.65. The Bertz CT molecular complexity index is 982. The summed E-state index contributed by atoms with van der Waals surface area (Å²) in [7, 11) is -3.64. The molecule has 3 rings (SSSR count). The molecule has 0 saturated carbocycles. The Kier molecular flexibility index (Phi) is 4.47. The quantitative estimate of drug-likeness (QED) is 0.830. The molecular formula is C17H15N3O5S. The van der Waals surface area contributed by atoms with Gasteiger partial charge in [-0.15, -0.1) is 0 Å². The number of primary amides is 1. The van der Waals surface area contributed by atoms with Gasteiger partial charge in [-0.3, -0.25) is 14.4 Å². The second kappa shape index (κ2) is 6.60. The molecule has 1 heterocycles. The van der Waals surface area contributed by atoms with Crippen molar-refractivity contribution in [2.24, 2.45) is 5.73 Å². The van der Waals surface area contributed by atoms with E-state index in [0.29, 0.717) is 11.3 Å². The number of sulfonamides is 1. The Balaban J connectivity index is 1.75. The maximum Gasteiger partial charge on any atom is 0.255 e. The fourth-order valence-corrected chi connectivity index (χ4v) is 4.00. The van der Waals surface area contributed by atoms with Crippen LogP contribution < -0.4 is 15.4 Å². The highest BCUT2D eigenvalue weighted by atomic mass is 32.2. The Labute approximate surface area is 149 Å². The highest BCUT2D eigenvalue weighted by Gasteiger charge is 2.36. The molecule has 26 heavy (non-hydrogen) atoms. The van der Waals surface area contributed by atoms with Gasteiger partial charge in [0.1, 0.15) is 0 Å². The van der Waals surface area contributed by atoms with Crippen LogP contribution in [-0.4, -0.2) is 31.9 Å². The van der Waals surface area contributed by atoms with Crippen molar-refractivity contribution in [1.29, 1.82) is 0 Å². The summed E-state index contributed by atoms with van der Waals surface area (Å²) in [6.45, 7) is 0. The molecule has 0 spiro atoms. The number of carbonyl (C=O) groups excluding carboxylic acids is 3. The van der Waals surface area contributed by atoms with E-state index >= 15 is 0 Å². The average molecular weight is 373 g/mol. The Morgan fingerprint density at radius 2 is 1.54 bits per heavy atom. The Morgan fingerprint density at radius 3 is 2.04 bits per heavy atom. The summed E-state index contributed by atoms with van der Waals surface area (Å²) in [5.74, 6) is -1.68. The lowest BCUT2D eigenvalue weighted by Gasteiger charge is -2.15. The van der Waals surface area contributed by atoms with Gasteiger partial charge in [-0.25, -0.2) is 12.7 Å². The third-order valence-corrected chi connectivity index (χ3v) is 5.56. The first-order valence-corrected chi connectivity index (χ1v) is 9.26. The third kappa shape index (κ3) is 3.42. The van der Waals surface area contributed by atoms with Crippen molar-refractivity contribution in [3.63, 3.8) is 0 Å². The molecule has 2 aromatic carbocycles.